The third kappa shape index (κ3) is 7.66. The number of hydrogen-bond acceptors (Lipinski definition) is 3. The van der Waals surface area contributed by atoms with Crippen molar-refractivity contribution in [1.29, 1.82) is 0 Å². The van der Waals surface area contributed by atoms with E-state index in [1.807, 2.05) is 54.6 Å². The highest BCUT2D eigenvalue weighted by Gasteiger charge is 1.98. The van der Waals surface area contributed by atoms with Crippen LogP contribution in [0.1, 0.15) is 24.5 Å². The third-order valence-electron chi connectivity index (χ3n) is 3.58. The first kappa shape index (κ1) is 19.2. The molecule has 0 radical (unpaired) electrons. The Bertz CT molecular complexity index is 725. The fraction of sp³-hybridized carbons (Fsp3) is 0.238. The van der Waals surface area contributed by atoms with Gasteiger partial charge in [0.25, 0.3) is 0 Å². The Morgan fingerprint density at radius 3 is 2.35 bits per heavy atom. The lowest BCUT2D eigenvalue weighted by Crippen LogP contribution is -2.27. The lowest BCUT2D eigenvalue weighted by atomic mass is 10.2. The van der Waals surface area contributed by atoms with Crippen LogP contribution in [0.3, 0.4) is 0 Å². The van der Waals surface area contributed by atoms with Crippen LogP contribution in [0, 0.1) is 0 Å². The van der Waals surface area contributed by atoms with Crippen LogP contribution in [0.4, 0.5) is 0 Å². The van der Waals surface area contributed by atoms with Gasteiger partial charge in [0.2, 0.25) is 11.8 Å². The molecule has 0 aromatic heterocycles. The minimum absolute atomic E-state index is 0.0626. The number of nitrogens with one attached hydrogen (secondary N) is 2. The molecular weight excluding hydrogens is 328 g/mol. The second-order valence-corrected chi connectivity index (χ2v) is 5.80. The number of hydrogen-bond donors (Lipinski definition) is 2. The smallest absolute Gasteiger partial charge is 0.244 e. The minimum Gasteiger partial charge on any atom is -0.489 e. The molecule has 26 heavy (non-hydrogen) atoms. The summed E-state index contributed by atoms with van der Waals surface area (Å²) in [5, 5.41) is 5.46. The van der Waals surface area contributed by atoms with Crippen molar-refractivity contribution in [3.05, 3.63) is 71.8 Å². The second-order valence-electron chi connectivity index (χ2n) is 5.80. The molecule has 0 bridgehead atoms. The summed E-state index contributed by atoms with van der Waals surface area (Å²) >= 11 is 0. The highest BCUT2D eigenvalue weighted by molar-refractivity contribution is 5.91. The molecule has 0 fully saturated rings. The molecule has 0 saturated carbocycles. The maximum absolute atomic E-state index is 11.7. The van der Waals surface area contributed by atoms with Crippen molar-refractivity contribution in [2.75, 3.05) is 13.1 Å². The van der Waals surface area contributed by atoms with E-state index >= 15 is 0 Å². The van der Waals surface area contributed by atoms with Gasteiger partial charge in [0.1, 0.15) is 12.4 Å². The molecule has 2 amide bonds. The number of carbonyl (C=O) groups excluding carboxylic acids is 2. The summed E-state index contributed by atoms with van der Waals surface area (Å²) in [6, 6.07) is 17.6. The molecule has 2 aromatic rings. The first-order valence-corrected chi connectivity index (χ1v) is 8.60. The molecule has 2 N–H and O–H groups in total. The molecule has 5 nitrogen and oxygen atoms in total. The van der Waals surface area contributed by atoms with Crippen molar-refractivity contribution < 1.29 is 14.3 Å². The van der Waals surface area contributed by atoms with Crippen LogP contribution in [-0.2, 0) is 16.2 Å². The van der Waals surface area contributed by atoms with E-state index in [1.165, 1.54) is 13.0 Å². The van der Waals surface area contributed by atoms with Crippen LogP contribution in [0.5, 0.6) is 5.75 Å². The van der Waals surface area contributed by atoms with Gasteiger partial charge in [-0.2, -0.15) is 0 Å². The Morgan fingerprint density at radius 2 is 1.65 bits per heavy atom. The first-order valence-electron chi connectivity index (χ1n) is 8.60. The molecule has 0 atom stereocenters. The zero-order valence-electron chi connectivity index (χ0n) is 14.9. The van der Waals surface area contributed by atoms with Crippen LogP contribution in [-0.4, -0.2) is 24.9 Å². The molecule has 0 aliphatic carbocycles. The van der Waals surface area contributed by atoms with Crippen molar-refractivity contribution in [2.45, 2.75) is 20.0 Å². The summed E-state index contributed by atoms with van der Waals surface area (Å²) in [5.74, 6) is 0.568. The van der Waals surface area contributed by atoms with Gasteiger partial charge in [-0.25, -0.2) is 0 Å². The zero-order chi connectivity index (χ0) is 18.6. The molecule has 136 valence electrons. The quantitative estimate of drug-likeness (QED) is 0.539. The first-order chi connectivity index (χ1) is 12.6. The van der Waals surface area contributed by atoms with E-state index in [2.05, 4.69) is 10.6 Å². The molecule has 0 aliphatic heterocycles. The average molecular weight is 352 g/mol. The van der Waals surface area contributed by atoms with Crippen LogP contribution < -0.4 is 15.4 Å². The van der Waals surface area contributed by atoms with Gasteiger partial charge in [0.05, 0.1) is 0 Å². The van der Waals surface area contributed by atoms with Gasteiger partial charge in [-0.15, -0.1) is 0 Å². The lowest BCUT2D eigenvalue weighted by molar-refractivity contribution is -0.119. The van der Waals surface area contributed by atoms with Crippen LogP contribution in [0.15, 0.2) is 60.7 Å². The van der Waals surface area contributed by atoms with Gasteiger partial charge in [-0.3, -0.25) is 9.59 Å². The van der Waals surface area contributed by atoms with Gasteiger partial charge in [0, 0.05) is 26.1 Å². The normalized spacial score (nSPS) is 10.5. The van der Waals surface area contributed by atoms with E-state index in [0.29, 0.717) is 26.1 Å². The van der Waals surface area contributed by atoms with Gasteiger partial charge in [0.15, 0.2) is 0 Å². The average Bonchev–Trinajstić information content (AvgIpc) is 2.66. The Kier molecular flexibility index (Phi) is 7.93. The van der Waals surface area contributed by atoms with Crippen molar-refractivity contribution in [3.63, 3.8) is 0 Å². The van der Waals surface area contributed by atoms with Gasteiger partial charge in [-0.05, 0) is 35.8 Å². The molecule has 0 unspecified atom stereocenters. The highest BCUT2D eigenvalue weighted by atomic mass is 16.5. The summed E-state index contributed by atoms with van der Waals surface area (Å²) in [6.45, 7) is 3.08. The predicted octanol–water partition coefficient (Wildman–Crippen LogP) is 2.92. The number of carbonyl (C=O) groups is 2. The Hall–Kier alpha value is -3.08. The Balaban J connectivity index is 1.71. The fourth-order valence-electron chi connectivity index (χ4n) is 2.21. The number of benzene rings is 2. The largest absolute Gasteiger partial charge is 0.489 e. The van der Waals surface area contributed by atoms with Crippen LogP contribution in [0.25, 0.3) is 6.08 Å². The SMILES string of the molecule is CC(=O)NCCCNC(=O)/C=C/c1ccc(OCc2ccccc2)cc1. The third-order valence-corrected chi connectivity index (χ3v) is 3.58. The van der Waals surface area contributed by atoms with E-state index in [4.69, 9.17) is 4.74 Å². The number of ether oxygens (including phenoxy) is 1. The molecule has 0 saturated heterocycles. The topological polar surface area (TPSA) is 67.4 Å². The summed E-state index contributed by atoms with van der Waals surface area (Å²) in [7, 11) is 0. The van der Waals surface area contributed by atoms with E-state index in [0.717, 1.165) is 16.9 Å². The number of rotatable bonds is 9. The highest BCUT2D eigenvalue weighted by Crippen LogP contribution is 2.15. The fourth-order valence-corrected chi connectivity index (χ4v) is 2.21. The molecule has 5 heteroatoms. The summed E-state index contributed by atoms with van der Waals surface area (Å²) < 4.78 is 5.73. The Labute approximate surface area is 154 Å². The molecule has 0 aliphatic rings. The summed E-state index contributed by atoms with van der Waals surface area (Å²) in [4.78, 5) is 22.4. The van der Waals surface area contributed by atoms with Crippen LogP contribution >= 0.6 is 0 Å². The maximum Gasteiger partial charge on any atom is 0.244 e. The van der Waals surface area contributed by atoms with Gasteiger partial charge < -0.3 is 15.4 Å². The van der Waals surface area contributed by atoms with Crippen molar-refractivity contribution in [1.82, 2.24) is 10.6 Å². The van der Waals surface area contributed by atoms with E-state index in [1.54, 1.807) is 6.08 Å². The summed E-state index contributed by atoms with van der Waals surface area (Å²) in [6.07, 6.45) is 3.95. The van der Waals surface area contributed by atoms with Gasteiger partial charge in [-0.1, -0.05) is 42.5 Å². The van der Waals surface area contributed by atoms with Crippen molar-refractivity contribution in [3.8, 4) is 5.75 Å². The van der Waals surface area contributed by atoms with Gasteiger partial charge >= 0.3 is 0 Å². The molecular formula is C21H24N2O3. The lowest BCUT2D eigenvalue weighted by Gasteiger charge is -2.06. The second kappa shape index (κ2) is 10.7. The van der Waals surface area contributed by atoms with E-state index < -0.39 is 0 Å². The molecule has 2 aromatic carbocycles. The Morgan fingerprint density at radius 1 is 0.962 bits per heavy atom. The maximum atomic E-state index is 11.7. The van der Waals surface area contributed by atoms with E-state index in [-0.39, 0.29) is 11.8 Å². The molecule has 0 spiro atoms. The van der Waals surface area contributed by atoms with Crippen molar-refractivity contribution in [2.24, 2.45) is 0 Å². The van der Waals surface area contributed by atoms with Crippen molar-refractivity contribution >= 4 is 17.9 Å². The molecule has 0 heterocycles. The number of amides is 2. The monoisotopic (exact) mass is 352 g/mol. The minimum atomic E-state index is -0.155. The predicted molar refractivity (Wildman–Crippen MR) is 103 cm³/mol. The van der Waals surface area contributed by atoms with Crippen LogP contribution in [0.2, 0.25) is 0 Å². The van der Waals surface area contributed by atoms with E-state index in [9.17, 15) is 9.59 Å². The molecule has 2 rings (SSSR count). The standard InChI is InChI=1S/C21H24N2O3/c1-17(24)22-14-5-15-23-21(25)13-10-18-8-11-20(12-9-18)26-16-19-6-3-2-4-7-19/h2-4,6-13H,5,14-16H2,1H3,(H,22,24)(H,23,25)/b13-10+. The zero-order valence-corrected chi connectivity index (χ0v) is 14.9. The summed E-state index contributed by atoms with van der Waals surface area (Å²) in [5.41, 5.74) is 2.04.